The summed E-state index contributed by atoms with van der Waals surface area (Å²) >= 11 is 0. The molecule has 4 rings (SSSR count). The molecule has 0 bridgehead atoms. The highest BCUT2D eigenvalue weighted by Gasteiger charge is 2.26. The smallest absolute Gasteiger partial charge is 0.254 e. The second-order valence-electron chi connectivity index (χ2n) is 10.1. The number of hydrogen-bond donors (Lipinski definition) is 0. The molecule has 0 radical (unpaired) electrons. The van der Waals surface area contributed by atoms with Crippen molar-refractivity contribution in [3.8, 4) is 22.8 Å². The Balaban J connectivity index is 1.37. The fourth-order valence-corrected chi connectivity index (χ4v) is 4.54. The monoisotopic (exact) mass is 549 g/mol. The van der Waals surface area contributed by atoms with E-state index < -0.39 is 5.82 Å². The quantitative estimate of drug-likeness (QED) is 0.376. The van der Waals surface area contributed by atoms with E-state index in [4.69, 9.17) is 9.47 Å². The number of carbonyl (C=O) groups excluding carboxylic acids is 2. The predicted molar refractivity (Wildman–Crippen MR) is 151 cm³/mol. The van der Waals surface area contributed by atoms with Crippen molar-refractivity contribution < 1.29 is 23.5 Å². The van der Waals surface area contributed by atoms with Crippen molar-refractivity contribution in [1.82, 2.24) is 20.0 Å². The molecular weight excluding hydrogens is 513 g/mol. The predicted octanol–water partition coefficient (Wildman–Crippen LogP) is 4.14. The van der Waals surface area contributed by atoms with Crippen molar-refractivity contribution in [2.45, 2.75) is 20.3 Å². The Labute approximate surface area is 234 Å². The van der Waals surface area contributed by atoms with Gasteiger partial charge in [0.05, 0.1) is 19.9 Å². The van der Waals surface area contributed by atoms with Gasteiger partial charge in [-0.1, -0.05) is 13.8 Å². The molecule has 1 fully saturated rings. The van der Waals surface area contributed by atoms with Crippen LogP contribution in [-0.4, -0.2) is 85.3 Å². The Bertz CT molecular complexity index is 1290. The molecule has 2 heterocycles. The number of ether oxygens (including phenoxy) is 2. The van der Waals surface area contributed by atoms with E-state index in [0.29, 0.717) is 61.4 Å². The first kappa shape index (κ1) is 28.8. The lowest BCUT2D eigenvalue weighted by Gasteiger charge is -2.36. The highest BCUT2D eigenvalue weighted by Crippen LogP contribution is 2.32. The van der Waals surface area contributed by atoms with Gasteiger partial charge in [0.1, 0.15) is 23.9 Å². The molecule has 1 aliphatic heterocycles. The molecule has 10 heteroatoms. The molecule has 0 N–H and O–H groups in total. The van der Waals surface area contributed by atoms with Gasteiger partial charge in [-0.3, -0.25) is 9.59 Å². The molecule has 1 aromatic heterocycles. The normalized spacial score (nSPS) is 13.3. The summed E-state index contributed by atoms with van der Waals surface area (Å²) < 4.78 is 24.1. The maximum atomic E-state index is 13.4. The summed E-state index contributed by atoms with van der Waals surface area (Å²) in [6, 6.07) is 14.8. The Morgan fingerprint density at radius 2 is 1.68 bits per heavy atom. The average molecular weight is 550 g/mol. The largest absolute Gasteiger partial charge is 0.497 e. The molecular formula is C30H36FN5O4. The molecule has 1 aliphatic rings. The SMILES string of the molecule is COc1ccc(-c2ccc(N3CCN(C(=O)CN(CCC(C)C)C(=O)c4ccc(F)cc4)CC3)nn2)c(OC)c1. The van der Waals surface area contributed by atoms with Crippen LogP contribution in [0.25, 0.3) is 11.3 Å². The molecule has 40 heavy (non-hydrogen) atoms. The van der Waals surface area contributed by atoms with E-state index in [1.165, 1.54) is 24.3 Å². The van der Waals surface area contributed by atoms with Crippen LogP contribution in [0, 0.1) is 11.7 Å². The highest BCUT2D eigenvalue weighted by molar-refractivity contribution is 5.96. The number of amides is 2. The lowest BCUT2D eigenvalue weighted by atomic mass is 10.1. The Morgan fingerprint density at radius 1 is 0.950 bits per heavy atom. The maximum absolute atomic E-state index is 13.4. The van der Waals surface area contributed by atoms with E-state index in [9.17, 15) is 14.0 Å². The van der Waals surface area contributed by atoms with Crippen molar-refractivity contribution in [1.29, 1.82) is 0 Å². The second kappa shape index (κ2) is 13.2. The second-order valence-corrected chi connectivity index (χ2v) is 10.1. The van der Waals surface area contributed by atoms with Crippen molar-refractivity contribution in [3.63, 3.8) is 0 Å². The third-order valence-electron chi connectivity index (χ3n) is 6.97. The number of benzene rings is 2. The van der Waals surface area contributed by atoms with Crippen LogP contribution in [0.5, 0.6) is 11.5 Å². The Kier molecular flexibility index (Phi) is 9.52. The van der Waals surface area contributed by atoms with Crippen LogP contribution >= 0.6 is 0 Å². The third-order valence-corrected chi connectivity index (χ3v) is 6.97. The first-order valence-electron chi connectivity index (χ1n) is 13.4. The molecule has 0 saturated carbocycles. The number of anilines is 1. The van der Waals surface area contributed by atoms with Crippen LogP contribution in [0.4, 0.5) is 10.2 Å². The Hall–Kier alpha value is -4.21. The zero-order chi connectivity index (χ0) is 28.6. The maximum Gasteiger partial charge on any atom is 0.254 e. The van der Waals surface area contributed by atoms with Crippen molar-refractivity contribution >= 4 is 17.6 Å². The molecule has 0 spiro atoms. The number of rotatable bonds is 10. The van der Waals surface area contributed by atoms with Crippen LogP contribution in [0.1, 0.15) is 30.6 Å². The molecule has 3 aromatic rings. The van der Waals surface area contributed by atoms with Crippen LogP contribution in [-0.2, 0) is 4.79 Å². The van der Waals surface area contributed by atoms with Crippen LogP contribution in [0.15, 0.2) is 54.6 Å². The standard InChI is InChI=1S/C30H36FN5O4/c1-21(2)13-14-36(30(38)22-5-7-23(31)8-6-22)20-29(37)35-17-15-34(16-18-35)28-12-11-26(32-33-28)25-10-9-24(39-3)19-27(25)40-4/h5-12,19,21H,13-18,20H2,1-4H3. The van der Waals surface area contributed by atoms with Gasteiger partial charge in [-0.25, -0.2) is 4.39 Å². The Morgan fingerprint density at radius 3 is 2.27 bits per heavy atom. The number of piperazine rings is 1. The number of methoxy groups -OCH3 is 2. The van der Waals surface area contributed by atoms with E-state index in [2.05, 4.69) is 28.9 Å². The minimum atomic E-state index is -0.404. The highest BCUT2D eigenvalue weighted by atomic mass is 19.1. The minimum Gasteiger partial charge on any atom is -0.497 e. The molecule has 0 unspecified atom stereocenters. The van der Waals surface area contributed by atoms with E-state index >= 15 is 0 Å². The average Bonchev–Trinajstić information content (AvgIpc) is 2.99. The molecule has 1 saturated heterocycles. The van der Waals surface area contributed by atoms with Gasteiger partial charge in [0.25, 0.3) is 5.91 Å². The minimum absolute atomic E-state index is 0.0128. The molecule has 212 valence electrons. The van der Waals surface area contributed by atoms with Crippen molar-refractivity contribution in [3.05, 3.63) is 66.0 Å². The van der Waals surface area contributed by atoms with Crippen molar-refractivity contribution in [2.24, 2.45) is 5.92 Å². The summed E-state index contributed by atoms with van der Waals surface area (Å²) in [7, 11) is 3.20. The van der Waals surface area contributed by atoms with Gasteiger partial charge in [0.15, 0.2) is 5.82 Å². The summed E-state index contributed by atoms with van der Waals surface area (Å²) in [6.07, 6.45) is 0.769. The fraction of sp³-hybridized carbons (Fsp3) is 0.400. The fourth-order valence-electron chi connectivity index (χ4n) is 4.54. The van der Waals surface area contributed by atoms with E-state index in [0.717, 1.165) is 17.8 Å². The van der Waals surface area contributed by atoms with Gasteiger partial charge >= 0.3 is 0 Å². The lowest BCUT2D eigenvalue weighted by Crippen LogP contribution is -2.52. The summed E-state index contributed by atoms with van der Waals surface area (Å²) in [5.41, 5.74) is 1.87. The number of halogens is 1. The van der Waals surface area contributed by atoms with Gasteiger partial charge in [0, 0.05) is 49.9 Å². The summed E-state index contributed by atoms with van der Waals surface area (Å²) in [4.78, 5) is 31.8. The van der Waals surface area contributed by atoms with E-state index in [1.807, 2.05) is 24.3 Å². The number of hydrogen-bond acceptors (Lipinski definition) is 7. The van der Waals surface area contributed by atoms with Crippen molar-refractivity contribution in [2.75, 3.05) is 58.4 Å². The van der Waals surface area contributed by atoms with Gasteiger partial charge in [-0.2, -0.15) is 0 Å². The van der Waals surface area contributed by atoms with Crippen LogP contribution in [0.3, 0.4) is 0 Å². The topological polar surface area (TPSA) is 88.1 Å². The number of aromatic nitrogens is 2. The van der Waals surface area contributed by atoms with Gasteiger partial charge in [-0.15, -0.1) is 10.2 Å². The molecule has 9 nitrogen and oxygen atoms in total. The third kappa shape index (κ3) is 7.05. The first-order valence-corrected chi connectivity index (χ1v) is 13.4. The summed E-state index contributed by atoms with van der Waals surface area (Å²) in [5, 5.41) is 8.83. The molecule has 0 atom stereocenters. The molecule has 0 aliphatic carbocycles. The molecule has 2 aromatic carbocycles. The lowest BCUT2D eigenvalue weighted by molar-refractivity contribution is -0.132. The van der Waals surface area contributed by atoms with Crippen LogP contribution in [0.2, 0.25) is 0 Å². The van der Waals surface area contributed by atoms with Gasteiger partial charge in [-0.05, 0) is 60.9 Å². The summed E-state index contributed by atoms with van der Waals surface area (Å²) in [5.74, 6) is 1.67. The van der Waals surface area contributed by atoms with Crippen LogP contribution < -0.4 is 14.4 Å². The number of carbonyl (C=O) groups is 2. The first-order chi connectivity index (χ1) is 19.3. The van der Waals surface area contributed by atoms with E-state index in [1.54, 1.807) is 30.1 Å². The molecule has 2 amide bonds. The zero-order valence-electron chi connectivity index (χ0n) is 23.5. The zero-order valence-corrected chi connectivity index (χ0v) is 23.5. The van der Waals surface area contributed by atoms with Gasteiger partial charge < -0.3 is 24.2 Å². The van der Waals surface area contributed by atoms with Gasteiger partial charge in [0.2, 0.25) is 5.91 Å². The van der Waals surface area contributed by atoms with E-state index in [-0.39, 0.29) is 18.4 Å². The number of nitrogens with zero attached hydrogens (tertiary/aromatic N) is 5. The summed E-state index contributed by atoms with van der Waals surface area (Å²) in [6.45, 7) is 6.82.